The summed E-state index contributed by atoms with van der Waals surface area (Å²) in [4.78, 5) is 28.9. The van der Waals surface area contributed by atoms with E-state index in [1.807, 2.05) is 66.7 Å². The molecule has 0 bridgehead atoms. The van der Waals surface area contributed by atoms with Crippen molar-refractivity contribution in [3.63, 3.8) is 0 Å². The summed E-state index contributed by atoms with van der Waals surface area (Å²) < 4.78 is 6.06. The van der Waals surface area contributed by atoms with Gasteiger partial charge in [0, 0.05) is 28.8 Å². The lowest BCUT2D eigenvalue weighted by Gasteiger charge is -2.31. The number of anilines is 1. The van der Waals surface area contributed by atoms with Gasteiger partial charge in [-0.3, -0.25) is 14.5 Å². The van der Waals surface area contributed by atoms with Crippen LogP contribution in [0.2, 0.25) is 0 Å². The fourth-order valence-electron chi connectivity index (χ4n) is 4.84. The molecule has 1 saturated heterocycles. The number of fused-ring (bicyclic) bond motifs is 1. The van der Waals surface area contributed by atoms with Crippen LogP contribution >= 0.6 is 11.3 Å². The minimum Gasteiger partial charge on any atom is -0.497 e. The molecule has 3 aromatic carbocycles. The van der Waals surface area contributed by atoms with E-state index in [-0.39, 0.29) is 12.5 Å². The number of methoxy groups -OCH3 is 1. The molecule has 206 valence electrons. The summed E-state index contributed by atoms with van der Waals surface area (Å²) >= 11 is 1.36. The van der Waals surface area contributed by atoms with Gasteiger partial charge in [0.2, 0.25) is 0 Å². The number of aliphatic hydroxyl groups excluding tert-OH is 1. The zero-order valence-corrected chi connectivity index (χ0v) is 23.1. The molecule has 0 unspecified atom stereocenters. The third-order valence-corrected chi connectivity index (χ3v) is 8.19. The Morgan fingerprint density at radius 1 is 1.05 bits per heavy atom. The van der Waals surface area contributed by atoms with Crippen molar-refractivity contribution in [3.05, 3.63) is 95.1 Å². The van der Waals surface area contributed by atoms with Gasteiger partial charge in [0.1, 0.15) is 10.8 Å². The van der Waals surface area contributed by atoms with Crippen LogP contribution in [-0.4, -0.2) is 54.8 Å². The minimum atomic E-state index is -0.405. The van der Waals surface area contributed by atoms with Crippen LogP contribution < -0.4 is 15.5 Å². The molecule has 3 N–H and O–H groups in total. The first-order chi connectivity index (χ1) is 19.5. The molecule has 0 aliphatic carbocycles. The van der Waals surface area contributed by atoms with Crippen molar-refractivity contribution in [2.45, 2.75) is 19.4 Å². The SMILES string of the molecule is COc1ccc(C=NNC(=O)c2c(NC(=O)c3cccc(CN4CCC(CO)CC4)c3)sc3ccccc23)cc1. The topological polar surface area (TPSA) is 103 Å². The highest BCUT2D eigenvalue weighted by atomic mass is 32.1. The molecule has 9 heteroatoms. The number of benzene rings is 3. The standard InChI is InChI=1S/C31H32N4O4S/c1-39-25-11-9-21(10-12-25)18-32-34-30(38)28-26-7-2-3-8-27(26)40-31(28)33-29(37)24-6-4-5-23(17-24)19-35-15-13-22(20-36)14-16-35/h2-12,17-18,22,36H,13-16,19-20H2,1H3,(H,33,37)(H,34,38). The molecule has 0 saturated carbocycles. The van der Waals surface area contributed by atoms with Crippen LogP contribution in [0.3, 0.4) is 0 Å². The number of amides is 2. The van der Waals surface area contributed by atoms with E-state index in [1.165, 1.54) is 11.3 Å². The lowest BCUT2D eigenvalue weighted by atomic mass is 9.97. The molecule has 0 radical (unpaired) electrons. The number of nitrogens with one attached hydrogen (secondary N) is 2. The summed E-state index contributed by atoms with van der Waals surface area (Å²) in [6, 6.07) is 22.5. The number of aliphatic hydroxyl groups is 1. The van der Waals surface area contributed by atoms with E-state index in [0.29, 0.717) is 22.0 Å². The third-order valence-electron chi connectivity index (χ3n) is 7.11. The number of hydrogen-bond acceptors (Lipinski definition) is 7. The number of likely N-dealkylation sites (tertiary alicyclic amines) is 1. The largest absolute Gasteiger partial charge is 0.497 e. The maximum atomic E-state index is 13.3. The summed E-state index contributed by atoms with van der Waals surface area (Å²) in [6.45, 7) is 2.87. The molecule has 5 rings (SSSR count). The second-order valence-electron chi connectivity index (χ2n) is 9.83. The Morgan fingerprint density at radius 3 is 2.58 bits per heavy atom. The smallest absolute Gasteiger partial charge is 0.275 e. The predicted molar refractivity (Wildman–Crippen MR) is 159 cm³/mol. The van der Waals surface area contributed by atoms with Crippen LogP contribution in [-0.2, 0) is 6.54 Å². The normalized spacial score (nSPS) is 14.4. The summed E-state index contributed by atoms with van der Waals surface area (Å²) in [5.74, 6) is 0.439. The number of thiophene rings is 1. The number of carbonyl (C=O) groups is 2. The third kappa shape index (κ3) is 6.56. The summed E-state index contributed by atoms with van der Waals surface area (Å²) in [6.07, 6.45) is 3.52. The van der Waals surface area contributed by atoms with E-state index in [0.717, 1.165) is 59.4 Å². The molecule has 0 atom stereocenters. The average Bonchev–Trinajstić information content (AvgIpc) is 3.36. The van der Waals surface area contributed by atoms with Crippen molar-refractivity contribution in [1.82, 2.24) is 10.3 Å². The fourth-order valence-corrected chi connectivity index (χ4v) is 5.94. The Morgan fingerprint density at radius 2 is 1.82 bits per heavy atom. The van der Waals surface area contributed by atoms with Gasteiger partial charge in [-0.15, -0.1) is 11.3 Å². The van der Waals surface area contributed by atoms with E-state index >= 15 is 0 Å². The lowest BCUT2D eigenvalue weighted by Crippen LogP contribution is -2.34. The van der Waals surface area contributed by atoms with E-state index in [1.54, 1.807) is 19.4 Å². The number of ether oxygens (including phenoxy) is 1. The van der Waals surface area contributed by atoms with Gasteiger partial charge in [0.15, 0.2) is 0 Å². The van der Waals surface area contributed by atoms with Crippen molar-refractivity contribution >= 4 is 44.5 Å². The van der Waals surface area contributed by atoms with Crippen molar-refractivity contribution in [2.75, 3.05) is 32.1 Å². The van der Waals surface area contributed by atoms with Gasteiger partial charge in [-0.25, -0.2) is 5.43 Å². The molecule has 2 amide bonds. The Bertz CT molecular complexity index is 1510. The van der Waals surface area contributed by atoms with Gasteiger partial charge in [-0.05, 0) is 85.4 Å². The molecule has 40 heavy (non-hydrogen) atoms. The van der Waals surface area contributed by atoms with Crippen molar-refractivity contribution in [2.24, 2.45) is 11.0 Å². The first-order valence-corrected chi connectivity index (χ1v) is 14.1. The molecule has 1 aliphatic rings. The number of nitrogens with zero attached hydrogens (tertiary/aromatic N) is 2. The molecule has 0 spiro atoms. The number of carbonyl (C=O) groups excluding carboxylic acids is 2. The fraction of sp³-hybridized carbons (Fsp3) is 0.258. The lowest BCUT2D eigenvalue weighted by molar-refractivity contribution is 0.0958. The van der Waals surface area contributed by atoms with Crippen molar-refractivity contribution < 1.29 is 19.4 Å². The van der Waals surface area contributed by atoms with Gasteiger partial charge in [-0.1, -0.05) is 30.3 Å². The second-order valence-corrected chi connectivity index (χ2v) is 10.9. The highest BCUT2D eigenvalue weighted by Gasteiger charge is 2.22. The summed E-state index contributed by atoms with van der Waals surface area (Å²) in [5.41, 5.74) is 5.37. The number of hydrogen-bond donors (Lipinski definition) is 3. The summed E-state index contributed by atoms with van der Waals surface area (Å²) in [7, 11) is 1.60. The Labute approximate surface area is 237 Å². The second kappa shape index (κ2) is 12.9. The molecule has 8 nitrogen and oxygen atoms in total. The van der Waals surface area contributed by atoms with Crippen LogP contribution in [0.5, 0.6) is 5.75 Å². The highest BCUT2D eigenvalue weighted by Crippen LogP contribution is 2.36. The molecule has 1 aliphatic heterocycles. The summed E-state index contributed by atoms with van der Waals surface area (Å²) in [5, 5.41) is 17.7. The van der Waals surface area contributed by atoms with Crippen LogP contribution in [0.15, 0.2) is 77.9 Å². The molecule has 1 fully saturated rings. The van der Waals surface area contributed by atoms with Crippen LogP contribution in [0.25, 0.3) is 10.1 Å². The van der Waals surface area contributed by atoms with Crippen molar-refractivity contribution in [3.8, 4) is 5.75 Å². The highest BCUT2D eigenvalue weighted by molar-refractivity contribution is 7.23. The van der Waals surface area contributed by atoms with Gasteiger partial charge in [0.25, 0.3) is 11.8 Å². The number of hydrazone groups is 1. The van der Waals surface area contributed by atoms with Gasteiger partial charge in [-0.2, -0.15) is 5.10 Å². The van der Waals surface area contributed by atoms with Gasteiger partial charge >= 0.3 is 0 Å². The van der Waals surface area contributed by atoms with E-state index in [4.69, 9.17) is 4.74 Å². The average molecular weight is 557 g/mol. The zero-order valence-electron chi connectivity index (χ0n) is 22.3. The van der Waals surface area contributed by atoms with E-state index in [2.05, 4.69) is 20.7 Å². The van der Waals surface area contributed by atoms with E-state index in [9.17, 15) is 14.7 Å². The van der Waals surface area contributed by atoms with Gasteiger partial charge in [0.05, 0.1) is 18.9 Å². The predicted octanol–water partition coefficient (Wildman–Crippen LogP) is 5.13. The number of rotatable bonds is 9. The van der Waals surface area contributed by atoms with Crippen LogP contribution in [0, 0.1) is 5.92 Å². The quantitative estimate of drug-likeness (QED) is 0.196. The maximum absolute atomic E-state index is 13.3. The molecular formula is C31H32N4O4S. The minimum absolute atomic E-state index is 0.246. The zero-order chi connectivity index (χ0) is 27.9. The molecule has 4 aromatic rings. The monoisotopic (exact) mass is 556 g/mol. The van der Waals surface area contributed by atoms with Crippen LogP contribution in [0.4, 0.5) is 5.00 Å². The molecule has 1 aromatic heterocycles. The number of piperidine rings is 1. The van der Waals surface area contributed by atoms with Crippen molar-refractivity contribution in [1.29, 1.82) is 0 Å². The molecular weight excluding hydrogens is 524 g/mol. The van der Waals surface area contributed by atoms with Gasteiger partial charge < -0.3 is 15.2 Å². The van der Waals surface area contributed by atoms with Crippen LogP contribution in [0.1, 0.15) is 44.7 Å². The molecule has 2 heterocycles. The Balaban J connectivity index is 1.30. The first kappa shape index (κ1) is 27.5. The maximum Gasteiger partial charge on any atom is 0.275 e. The Hall–Kier alpha value is -4.05. The van der Waals surface area contributed by atoms with E-state index < -0.39 is 5.91 Å². The first-order valence-electron chi connectivity index (χ1n) is 13.3. The Kier molecular flexibility index (Phi) is 8.85.